The lowest BCUT2D eigenvalue weighted by molar-refractivity contribution is -0.141. The van der Waals surface area contributed by atoms with Gasteiger partial charge in [0.1, 0.15) is 5.75 Å². The third-order valence-electron chi connectivity index (χ3n) is 5.52. The first kappa shape index (κ1) is 17.8. The van der Waals surface area contributed by atoms with Crippen LogP contribution < -0.4 is 10.1 Å². The van der Waals surface area contributed by atoms with Crippen LogP contribution in [0.25, 0.3) is 0 Å². The van der Waals surface area contributed by atoms with Crippen LogP contribution in [0.2, 0.25) is 0 Å². The fraction of sp³-hybridized carbons (Fsp3) is 0.600. The summed E-state index contributed by atoms with van der Waals surface area (Å²) >= 11 is 0. The van der Waals surface area contributed by atoms with E-state index in [0.717, 1.165) is 37.1 Å². The molecule has 0 unspecified atom stereocenters. The summed E-state index contributed by atoms with van der Waals surface area (Å²) < 4.78 is 5.72. The highest BCUT2D eigenvalue weighted by Crippen LogP contribution is 2.40. The quantitative estimate of drug-likeness (QED) is 0.913. The van der Waals surface area contributed by atoms with E-state index in [-0.39, 0.29) is 17.7 Å². The lowest BCUT2D eigenvalue weighted by Crippen LogP contribution is -2.51. The zero-order chi connectivity index (χ0) is 17.9. The molecule has 1 saturated heterocycles. The summed E-state index contributed by atoms with van der Waals surface area (Å²) in [6, 6.07) is 7.83. The number of nitrogens with zero attached hydrogens (tertiary/aromatic N) is 1. The Hall–Kier alpha value is -2.04. The third-order valence-corrected chi connectivity index (χ3v) is 5.52. The largest absolute Gasteiger partial charge is 0.493 e. The molecule has 1 aromatic carbocycles. The molecule has 0 aromatic heterocycles. The molecule has 3 rings (SSSR count). The number of amides is 2. The summed E-state index contributed by atoms with van der Waals surface area (Å²) in [5.41, 5.74) is 0.445. The van der Waals surface area contributed by atoms with Crippen LogP contribution in [0.15, 0.2) is 24.3 Å². The van der Waals surface area contributed by atoms with Gasteiger partial charge in [0.05, 0.1) is 12.0 Å². The molecular formula is C20H28N2O3. The molecule has 5 heteroatoms. The van der Waals surface area contributed by atoms with Crippen molar-refractivity contribution in [2.45, 2.75) is 44.9 Å². The molecule has 136 valence electrons. The van der Waals surface area contributed by atoms with Crippen molar-refractivity contribution in [3.8, 4) is 5.75 Å². The number of rotatable bonds is 4. The molecule has 5 nitrogen and oxygen atoms in total. The van der Waals surface area contributed by atoms with E-state index in [2.05, 4.69) is 5.32 Å². The van der Waals surface area contributed by atoms with Gasteiger partial charge in [0.25, 0.3) is 0 Å². The molecular weight excluding hydrogens is 316 g/mol. The molecule has 2 amide bonds. The van der Waals surface area contributed by atoms with Gasteiger partial charge in [-0.3, -0.25) is 9.59 Å². The number of carbonyl (C=O) groups is 2. The Morgan fingerprint density at radius 2 is 2.00 bits per heavy atom. The summed E-state index contributed by atoms with van der Waals surface area (Å²) in [7, 11) is 0. The number of piperidine rings is 1. The molecule has 0 aliphatic carbocycles. The maximum absolute atomic E-state index is 13.3. The summed E-state index contributed by atoms with van der Waals surface area (Å²) in [5, 5.41) is 2.97. The number of hydrogen-bond acceptors (Lipinski definition) is 3. The molecule has 25 heavy (non-hydrogen) atoms. The monoisotopic (exact) mass is 344 g/mol. The number of likely N-dealkylation sites (tertiary alicyclic amines) is 1. The van der Waals surface area contributed by atoms with Crippen LogP contribution in [0, 0.1) is 5.92 Å². The van der Waals surface area contributed by atoms with Crippen LogP contribution >= 0.6 is 0 Å². The van der Waals surface area contributed by atoms with Crippen molar-refractivity contribution in [1.29, 1.82) is 0 Å². The summed E-state index contributed by atoms with van der Waals surface area (Å²) in [6.45, 7) is 6.68. The number of carbonyl (C=O) groups excluding carboxylic acids is 2. The Balaban J connectivity index is 1.66. The zero-order valence-electron chi connectivity index (χ0n) is 15.2. The first-order valence-corrected chi connectivity index (χ1v) is 9.35. The van der Waals surface area contributed by atoms with E-state index in [1.54, 1.807) is 0 Å². The molecule has 1 aromatic rings. The predicted molar refractivity (Wildman–Crippen MR) is 96.5 cm³/mol. The molecule has 2 heterocycles. The Bertz CT molecular complexity index is 638. The summed E-state index contributed by atoms with van der Waals surface area (Å²) in [4.78, 5) is 27.3. The predicted octanol–water partition coefficient (Wildman–Crippen LogP) is 2.49. The molecule has 1 N–H and O–H groups in total. The van der Waals surface area contributed by atoms with Gasteiger partial charge < -0.3 is 15.0 Å². The van der Waals surface area contributed by atoms with Gasteiger partial charge in [-0.05, 0) is 38.7 Å². The highest BCUT2D eigenvalue weighted by Gasteiger charge is 2.43. The smallest absolute Gasteiger partial charge is 0.233 e. The number of benzene rings is 1. The molecule has 0 bridgehead atoms. The SMILES string of the molecule is CCCNC(=O)C1CCN(C(=O)[C@]2(C)CCOc3ccccc32)CC1. The second kappa shape index (κ2) is 7.46. The van der Waals surface area contributed by atoms with Crippen molar-refractivity contribution >= 4 is 11.8 Å². The van der Waals surface area contributed by atoms with Gasteiger partial charge in [-0.2, -0.15) is 0 Å². The maximum Gasteiger partial charge on any atom is 0.233 e. The molecule has 0 radical (unpaired) electrons. The average molecular weight is 344 g/mol. The van der Waals surface area contributed by atoms with E-state index in [1.165, 1.54) is 0 Å². The first-order chi connectivity index (χ1) is 12.1. The van der Waals surface area contributed by atoms with Crippen molar-refractivity contribution in [3.63, 3.8) is 0 Å². The average Bonchev–Trinajstić information content (AvgIpc) is 2.66. The fourth-order valence-electron chi connectivity index (χ4n) is 3.86. The van der Waals surface area contributed by atoms with E-state index in [4.69, 9.17) is 4.74 Å². The molecule has 0 saturated carbocycles. The van der Waals surface area contributed by atoms with Gasteiger partial charge in [0.2, 0.25) is 11.8 Å². The summed E-state index contributed by atoms with van der Waals surface area (Å²) in [5.74, 6) is 1.15. The molecule has 2 aliphatic heterocycles. The van der Waals surface area contributed by atoms with Crippen molar-refractivity contribution < 1.29 is 14.3 Å². The van der Waals surface area contributed by atoms with Crippen LogP contribution in [-0.4, -0.2) is 43.0 Å². The number of hydrogen-bond donors (Lipinski definition) is 1. The third kappa shape index (κ3) is 3.51. The number of nitrogens with one attached hydrogen (secondary N) is 1. The second-order valence-electron chi connectivity index (χ2n) is 7.28. The second-order valence-corrected chi connectivity index (χ2v) is 7.28. The van der Waals surface area contributed by atoms with Crippen LogP contribution in [0.1, 0.15) is 45.1 Å². The van der Waals surface area contributed by atoms with Crippen LogP contribution in [0.5, 0.6) is 5.75 Å². The lowest BCUT2D eigenvalue weighted by atomic mass is 9.76. The van der Waals surface area contributed by atoms with Gasteiger partial charge in [0, 0.05) is 31.1 Å². The lowest BCUT2D eigenvalue weighted by Gasteiger charge is -2.40. The van der Waals surface area contributed by atoms with Crippen LogP contribution in [0.3, 0.4) is 0 Å². The Kier molecular flexibility index (Phi) is 5.30. The standard InChI is InChI=1S/C20H28N2O3/c1-3-11-21-18(23)15-8-12-22(13-9-15)19(24)20(2)10-14-25-17-7-5-4-6-16(17)20/h4-7,15H,3,8-14H2,1-2H3,(H,21,23)/t20-/m1/s1. The Labute approximate surface area is 149 Å². The Morgan fingerprint density at radius 1 is 1.28 bits per heavy atom. The number of para-hydroxylation sites is 1. The maximum atomic E-state index is 13.3. The minimum Gasteiger partial charge on any atom is -0.493 e. The van der Waals surface area contributed by atoms with E-state index in [9.17, 15) is 9.59 Å². The highest BCUT2D eigenvalue weighted by atomic mass is 16.5. The van der Waals surface area contributed by atoms with Crippen molar-refractivity contribution in [3.05, 3.63) is 29.8 Å². The highest BCUT2D eigenvalue weighted by molar-refractivity contribution is 5.89. The molecule has 0 spiro atoms. The van der Waals surface area contributed by atoms with Crippen molar-refractivity contribution in [1.82, 2.24) is 10.2 Å². The fourth-order valence-corrected chi connectivity index (χ4v) is 3.86. The van der Waals surface area contributed by atoms with Crippen molar-refractivity contribution in [2.24, 2.45) is 5.92 Å². The van der Waals surface area contributed by atoms with Crippen LogP contribution in [0.4, 0.5) is 0 Å². The minimum absolute atomic E-state index is 0.0328. The molecule has 2 aliphatic rings. The van der Waals surface area contributed by atoms with Crippen LogP contribution in [-0.2, 0) is 15.0 Å². The van der Waals surface area contributed by atoms with Gasteiger partial charge in [-0.25, -0.2) is 0 Å². The normalized spacial score (nSPS) is 23.5. The van der Waals surface area contributed by atoms with E-state index < -0.39 is 5.41 Å². The van der Waals surface area contributed by atoms with E-state index >= 15 is 0 Å². The van der Waals surface area contributed by atoms with Gasteiger partial charge >= 0.3 is 0 Å². The zero-order valence-corrected chi connectivity index (χ0v) is 15.2. The van der Waals surface area contributed by atoms with Gasteiger partial charge in [-0.1, -0.05) is 25.1 Å². The van der Waals surface area contributed by atoms with E-state index in [0.29, 0.717) is 26.1 Å². The molecule has 1 fully saturated rings. The number of ether oxygens (including phenoxy) is 1. The van der Waals surface area contributed by atoms with Crippen molar-refractivity contribution in [2.75, 3.05) is 26.2 Å². The topological polar surface area (TPSA) is 58.6 Å². The molecule has 1 atom stereocenters. The number of fused-ring (bicyclic) bond motifs is 1. The first-order valence-electron chi connectivity index (χ1n) is 9.35. The minimum atomic E-state index is -0.536. The van der Waals surface area contributed by atoms with Gasteiger partial charge in [-0.15, -0.1) is 0 Å². The van der Waals surface area contributed by atoms with E-state index in [1.807, 2.05) is 43.0 Å². The summed E-state index contributed by atoms with van der Waals surface area (Å²) in [6.07, 6.45) is 3.13. The van der Waals surface area contributed by atoms with Gasteiger partial charge in [0.15, 0.2) is 0 Å². The Morgan fingerprint density at radius 3 is 2.72 bits per heavy atom.